The highest BCUT2D eigenvalue weighted by Crippen LogP contribution is 2.22. The Labute approximate surface area is 82.0 Å². The molecule has 2 aromatic rings. The van der Waals surface area contributed by atoms with Crippen LogP contribution in [0.25, 0.3) is 11.4 Å². The lowest BCUT2D eigenvalue weighted by atomic mass is 10.2. The number of aryl methyl sites for hydroxylation is 1. The summed E-state index contributed by atoms with van der Waals surface area (Å²) in [7, 11) is 2.02. The Morgan fingerprint density at radius 3 is 2.57 bits per heavy atom. The van der Waals surface area contributed by atoms with Crippen LogP contribution in [0.4, 0.5) is 5.95 Å². The van der Waals surface area contributed by atoms with Gasteiger partial charge in [0, 0.05) is 24.0 Å². The molecule has 0 saturated heterocycles. The van der Waals surface area contributed by atoms with Gasteiger partial charge in [-0.15, -0.1) is 5.10 Å². The molecule has 0 saturated carbocycles. The number of aromatic nitrogens is 4. The van der Waals surface area contributed by atoms with E-state index in [2.05, 4.69) is 32.7 Å². The van der Waals surface area contributed by atoms with E-state index in [4.69, 9.17) is 5.73 Å². The van der Waals surface area contributed by atoms with Crippen molar-refractivity contribution >= 4 is 5.95 Å². The number of H-pyrrole nitrogens is 1. The Morgan fingerprint density at radius 2 is 2.14 bits per heavy atom. The fourth-order valence-electron chi connectivity index (χ4n) is 1.49. The summed E-state index contributed by atoms with van der Waals surface area (Å²) in [4.78, 5) is 4.09. The van der Waals surface area contributed by atoms with Gasteiger partial charge in [0.1, 0.15) is 0 Å². The van der Waals surface area contributed by atoms with E-state index >= 15 is 0 Å². The molecule has 0 atom stereocenters. The van der Waals surface area contributed by atoms with Crippen molar-refractivity contribution in [3.63, 3.8) is 0 Å². The van der Waals surface area contributed by atoms with Crippen LogP contribution in [0.2, 0.25) is 0 Å². The Morgan fingerprint density at radius 1 is 1.43 bits per heavy atom. The lowest BCUT2D eigenvalue weighted by molar-refractivity contribution is 0.844. The number of hydrogen-bond acceptors (Lipinski definition) is 3. The third-order valence-corrected chi connectivity index (χ3v) is 2.53. The molecule has 5 heteroatoms. The largest absolute Gasteiger partial charge is 0.366 e. The minimum absolute atomic E-state index is 0.279. The Hall–Kier alpha value is -1.78. The molecular formula is C9H13N5. The second kappa shape index (κ2) is 2.87. The summed E-state index contributed by atoms with van der Waals surface area (Å²) in [6.45, 7) is 4.09. The van der Waals surface area contributed by atoms with E-state index in [1.165, 1.54) is 5.69 Å². The first-order valence-corrected chi connectivity index (χ1v) is 4.40. The van der Waals surface area contributed by atoms with Gasteiger partial charge in [-0.25, -0.2) is 0 Å². The van der Waals surface area contributed by atoms with Crippen LogP contribution in [0.3, 0.4) is 0 Å². The molecule has 0 aromatic carbocycles. The fraction of sp³-hybridized carbons (Fsp3) is 0.333. The normalized spacial score (nSPS) is 10.8. The number of nitrogens with one attached hydrogen (secondary N) is 1. The van der Waals surface area contributed by atoms with Gasteiger partial charge in [-0.2, -0.15) is 4.98 Å². The minimum atomic E-state index is 0.279. The monoisotopic (exact) mass is 191 g/mol. The van der Waals surface area contributed by atoms with Gasteiger partial charge in [-0.05, 0) is 19.9 Å². The topological polar surface area (TPSA) is 72.5 Å². The Bertz CT molecular complexity index is 466. The fourth-order valence-corrected chi connectivity index (χ4v) is 1.49. The first-order chi connectivity index (χ1) is 6.59. The quantitative estimate of drug-likeness (QED) is 0.706. The predicted molar refractivity (Wildman–Crippen MR) is 54.7 cm³/mol. The summed E-state index contributed by atoms with van der Waals surface area (Å²) >= 11 is 0. The summed E-state index contributed by atoms with van der Waals surface area (Å²) in [5.74, 6) is 1.00. The molecule has 0 fully saturated rings. The maximum absolute atomic E-state index is 5.45. The maximum Gasteiger partial charge on any atom is 0.239 e. The molecule has 74 valence electrons. The highest BCUT2D eigenvalue weighted by atomic mass is 15.3. The van der Waals surface area contributed by atoms with Crippen LogP contribution in [-0.4, -0.2) is 19.7 Å². The molecule has 0 amide bonds. The van der Waals surface area contributed by atoms with E-state index in [1.54, 1.807) is 0 Å². The molecule has 0 aliphatic rings. The van der Waals surface area contributed by atoms with Crippen LogP contribution in [0.15, 0.2) is 6.07 Å². The second-order valence-electron chi connectivity index (χ2n) is 3.39. The standard InChI is InChI=1S/C9H13N5/c1-5-4-7(6(2)14(5)3)8-11-9(10)13-12-8/h4H,1-3H3,(H3,10,11,12,13). The van der Waals surface area contributed by atoms with E-state index in [0.717, 1.165) is 17.1 Å². The van der Waals surface area contributed by atoms with E-state index in [-0.39, 0.29) is 5.95 Å². The first kappa shape index (κ1) is 8.80. The molecule has 0 aliphatic carbocycles. The molecule has 14 heavy (non-hydrogen) atoms. The zero-order chi connectivity index (χ0) is 10.3. The van der Waals surface area contributed by atoms with Crippen molar-refractivity contribution in [3.8, 4) is 11.4 Å². The van der Waals surface area contributed by atoms with Gasteiger partial charge >= 0.3 is 0 Å². The molecule has 0 unspecified atom stereocenters. The first-order valence-electron chi connectivity index (χ1n) is 4.40. The van der Waals surface area contributed by atoms with Crippen molar-refractivity contribution in [1.29, 1.82) is 0 Å². The van der Waals surface area contributed by atoms with Gasteiger partial charge < -0.3 is 10.3 Å². The lowest BCUT2D eigenvalue weighted by Gasteiger charge is -1.99. The van der Waals surface area contributed by atoms with Gasteiger partial charge in [0.2, 0.25) is 5.95 Å². The molecule has 5 nitrogen and oxygen atoms in total. The minimum Gasteiger partial charge on any atom is -0.366 e. The van der Waals surface area contributed by atoms with Gasteiger partial charge in [0.25, 0.3) is 0 Å². The van der Waals surface area contributed by atoms with Gasteiger partial charge in [0.15, 0.2) is 5.82 Å². The SMILES string of the molecule is Cc1cc(-c2nc(N)n[nH]2)c(C)n1C. The third kappa shape index (κ3) is 1.17. The predicted octanol–water partition coefficient (Wildman–Crippen LogP) is 1.01. The molecule has 0 spiro atoms. The highest BCUT2D eigenvalue weighted by Gasteiger charge is 2.11. The zero-order valence-electron chi connectivity index (χ0n) is 8.50. The Balaban J connectivity index is 2.57. The summed E-state index contributed by atoms with van der Waals surface area (Å²) in [5, 5.41) is 6.61. The van der Waals surface area contributed by atoms with E-state index < -0.39 is 0 Å². The molecule has 0 radical (unpaired) electrons. The van der Waals surface area contributed by atoms with Gasteiger partial charge in [-0.3, -0.25) is 5.10 Å². The number of nitrogen functional groups attached to an aromatic ring is 1. The number of nitrogens with two attached hydrogens (primary N) is 1. The molecule has 0 aliphatic heterocycles. The number of hydrogen-bond donors (Lipinski definition) is 2. The van der Waals surface area contributed by atoms with Crippen LogP contribution in [0, 0.1) is 13.8 Å². The number of aromatic amines is 1. The highest BCUT2D eigenvalue weighted by molar-refractivity contribution is 5.60. The molecule has 3 N–H and O–H groups in total. The third-order valence-electron chi connectivity index (χ3n) is 2.53. The van der Waals surface area contributed by atoms with Crippen LogP contribution in [-0.2, 0) is 7.05 Å². The van der Waals surface area contributed by atoms with Crippen molar-refractivity contribution in [2.75, 3.05) is 5.73 Å². The van der Waals surface area contributed by atoms with Crippen LogP contribution >= 0.6 is 0 Å². The smallest absolute Gasteiger partial charge is 0.239 e. The van der Waals surface area contributed by atoms with Crippen molar-refractivity contribution in [2.24, 2.45) is 7.05 Å². The van der Waals surface area contributed by atoms with Crippen molar-refractivity contribution < 1.29 is 0 Å². The molecule has 2 rings (SSSR count). The molecule has 2 heterocycles. The van der Waals surface area contributed by atoms with Crippen molar-refractivity contribution in [2.45, 2.75) is 13.8 Å². The molecule has 2 aromatic heterocycles. The van der Waals surface area contributed by atoms with Crippen molar-refractivity contribution in [1.82, 2.24) is 19.7 Å². The van der Waals surface area contributed by atoms with E-state index in [9.17, 15) is 0 Å². The van der Waals surface area contributed by atoms with Gasteiger partial charge in [0.05, 0.1) is 0 Å². The number of rotatable bonds is 1. The van der Waals surface area contributed by atoms with E-state index in [0.29, 0.717) is 0 Å². The summed E-state index contributed by atoms with van der Waals surface area (Å²) in [6.07, 6.45) is 0. The lowest BCUT2D eigenvalue weighted by Crippen LogP contribution is -1.93. The van der Waals surface area contributed by atoms with Crippen molar-refractivity contribution in [3.05, 3.63) is 17.5 Å². The summed E-state index contributed by atoms with van der Waals surface area (Å²) < 4.78 is 2.11. The number of nitrogens with zero attached hydrogens (tertiary/aromatic N) is 3. The maximum atomic E-state index is 5.45. The average Bonchev–Trinajstić information content (AvgIpc) is 2.66. The van der Waals surface area contributed by atoms with Crippen LogP contribution < -0.4 is 5.73 Å². The molecular weight excluding hydrogens is 178 g/mol. The second-order valence-corrected chi connectivity index (χ2v) is 3.39. The Kier molecular flexibility index (Phi) is 1.80. The van der Waals surface area contributed by atoms with E-state index in [1.807, 2.05) is 14.0 Å². The average molecular weight is 191 g/mol. The summed E-state index contributed by atoms with van der Waals surface area (Å²) in [5.41, 5.74) is 8.84. The molecule has 0 bridgehead atoms. The van der Waals surface area contributed by atoms with Crippen LogP contribution in [0.5, 0.6) is 0 Å². The summed E-state index contributed by atoms with van der Waals surface area (Å²) in [6, 6.07) is 2.06. The van der Waals surface area contributed by atoms with Gasteiger partial charge in [-0.1, -0.05) is 0 Å². The van der Waals surface area contributed by atoms with Crippen LogP contribution in [0.1, 0.15) is 11.4 Å². The zero-order valence-corrected chi connectivity index (χ0v) is 8.50. The number of anilines is 1.